The Balaban J connectivity index is 1.43. The maximum absolute atomic E-state index is 12.0. The fourth-order valence-electron chi connectivity index (χ4n) is 2.57. The van der Waals surface area contributed by atoms with E-state index in [1.165, 1.54) is 0 Å². The molecule has 0 spiro atoms. The van der Waals surface area contributed by atoms with Crippen molar-refractivity contribution >= 4 is 16.7 Å². The minimum atomic E-state index is -0.188. The van der Waals surface area contributed by atoms with Gasteiger partial charge >= 0.3 is 0 Å². The Morgan fingerprint density at radius 3 is 2.58 bits per heavy atom. The van der Waals surface area contributed by atoms with Crippen LogP contribution in [0.1, 0.15) is 0 Å². The Bertz CT molecular complexity index is 873. The summed E-state index contributed by atoms with van der Waals surface area (Å²) in [4.78, 5) is 12.0. The number of ether oxygens (including phenoxy) is 3. The van der Waals surface area contributed by atoms with Crippen molar-refractivity contribution in [3.63, 3.8) is 0 Å². The van der Waals surface area contributed by atoms with Crippen LogP contribution in [0, 0.1) is 0 Å². The second kappa shape index (κ2) is 8.76. The highest BCUT2D eigenvalue weighted by atomic mass is 16.5. The van der Waals surface area contributed by atoms with Crippen molar-refractivity contribution in [2.75, 3.05) is 26.9 Å². The number of rotatable bonds is 8. The van der Waals surface area contributed by atoms with Gasteiger partial charge in [-0.15, -0.1) is 0 Å². The average molecular weight is 351 g/mol. The third kappa shape index (κ3) is 4.66. The van der Waals surface area contributed by atoms with Gasteiger partial charge in [-0.25, -0.2) is 0 Å². The molecular weight excluding hydrogens is 330 g/mol. The van der Waals surface area contributed by atoms with Crippen LogP contribution in [0.15, 0.2) is 66.7 Å². The standard InChI is InChI=1S/C21H21NO4/c1-24-17-8-5-9-18(14-17)25-13-12-22-21(23)15-26-20-11-4-7-16-6-2-3-10-19(16)20/h2-11,14H,12-13,15H2,1H3,(H,22,23). The summed E-state index contributed by atoms with van der Waals surface area (Å²) in [5.74, 6) is 1.94. The molecule has 3 rings (SSSR count). The molecule has 5 heteroatoms. The fraction of sp³-hybridized carbons (Fsp3) is 0.190. The van der Waals surface area contributed by atoms with Gasteiger partial charge in [0.15, 0.2) is 6.61 Å². The molecule has 5 nitrogen and oxygen atoms in total. The number of amides is 1. The van der Waals surface area contributed by atoms with Crippen LogP contribution in [-0.2, 0) is 4.79 Å². The summed E-state index contributed by atoms with van der Waals surface area (Å²) in [6, 6.07) is 21.0. The number of methoxy groups -OCH3 is 1. The summed E-state index contributed by atoms with van der Waals surface area (Å²) in [5, 5.41) is 4.85. The predicted octanol–water partition coefficient (Wildman–Crippen LogP) is 3.42. The van der Waals surface area contributed by atoms with E-state index < -0.39 is 0 Å². The molecule has 134 valence electrons. The molecule has 1 N–H and O–H groups in total. The summed E-state index contributed by atoms with van der Waals surface area (Å²) < 4.78 is 16.4. The molecule has 0 aliphatic rings. The number of hydrogen-bond donors (Lipinski definition) is 1. The number of fused-ring (bicyclic) bond motifs is 1. The Morgan fingerprint density at radius 2 is 1.69 bits per heavy atom. The van der Waals surface area contributed by atoms with Crippen LogP contribution in [0.3, 0.4) is 0 Å². The van der Waals surface area contributed by atoms with Crippen molar-refractivity contribution in [3.05, 3.63) is 66.7 Å². The van der Waals surface area contributed by atoms with Crippen LogP contribution in [0.25, 0.3) is 10.8 Å². The second-order valence-electron chi connectivity index (χ2n) is 5.64. The number of nitrogens with one attached hydrogen (secondary N) is 1. The van der Waals surface area contributed by atoms with E-state index in [1.807, 2.05) is 60.7 Å². The fourth-order valence-corrected chi connectivity index (χ4v) is 2.57. The zero-order valence-corrected chi connectivity index (χ0v) is 14.6. The van der Waals surface area contributed by atoms with Crippen molar-refractivity contribution in [1.82, 2.24) is 5.32 Å². The van der Waals surface area contributed by atoms with Crippen LogP contribution in [0.5, 0.6) is 17.2 Å². The number of benzene rings is 3. The van der Waals surface area contributed by atoms with E-state index in [1.54, 1.807) is 13.2 Å². The third-order valence-electron chi connectivity index (χ3n) is 3.84. The van der Waals surface area contributed by atoms with Gasteiger partial charge in [-0.1, -0.05) is 42.5 Å². The third-order valence-corrected chi connectivity index (χ3v) is 3.84. The van der Waals surface area contributed by atoms with Crippen LogP contribution in [0.2, 0.25) is 0 Å². The van der Waals surface area contributed by atoms with Gasteiger partial charge < -0.3 is 19.5 Å². The molecule has 0 aliphatic heterocycles. The van der Waals surface area contributed by atoms with Gasteiger partial charge in [0.2, 0.25) is 0 Å². The average Bonchev–Trinajstić information content (AvgIpc) is 2.69. The molecule has 3 aromatic rings. The number of hydrogen-bond acceptors (Lipinski definition) is 4. The van der Waals surface area contributed by atoms with Gasteiger partial charge in [0.25, 0.3) is 5.91 Å². The van der Waals surface area contributed by atoms with E-state index in [9.17, 15) is 4.79 Å². The minimum absolute atomic E-state index is 0.0346. The summed E-state index contributed by atoms with van der Waals surface area (Å²) in [7, 11) is 1.61. The van der Waals surface area contributed by atoms with Crippen molar-refractivity contribution in [3.8, 4) is 17.2 Å². The SMILES string of the molecule is COc1cccc(OCCNC(=O)COc2cccc3ccccc23)c1. The Hall–Kier alpha value is -3.21. The monoisotopic (exact) mass is 351 g/mol. The molecule has 0 saturated carbocycles. The van der Waals surface area contributed by atoms with Crippen molar-refractivity contribution in [2.45, 2.75) is 0 Å². The molecule has 0 aliphatic carbocycles. The lowest BCUT2D eigenvalue weighted by molar-refractivity contribution is -0.123. The van der Waals surface area contributed by atoms with E-state index >= 15 is 0 Å². The molecule has 0 bridgehead atoms. The maximum atomic E-state index is 12.0. The summed E-state index contributed by atoms with van der Waals surface area (Å²) in [5.41, 5.74) is 0. The molecular formula is C21H21NO4. The van der Waals surface area contributed by atoms with Gasteiger partial charge in [0.05, 0.1) is 13.7 Å². The highest BCUT2D eigenvalue weighted by Gasteiger charge is 2.05. The minimum Gasteiger partial charge on any atom is -0.497 e. The van der Waals surface area contributed by atoms with Gasteiger partial charge in [-0.3, -0.25) is 4.79 Å². The largest absolute Gasteiger partial charge is 0.497 e. The molecule has 0 heterocycles. The van der Waals surface area contributed by atoms with E-state index in [-0.39, 0.29) is 12.5 Å². The first kappa shape index (κ1) is 17.6. The lowest BCUT2D eigenvalue weighted by atomic mass is 10.1. The molecule has 3 aromatic carbocycles. The number of carbonyl (C=O) groups is 1. The summed E-state index contributed by atoms with van der Waals surface area (Å²) >= 11 is 0. The van der Waals surface area contributed by atoms with Crippen molar-refractivity contribution in [1.29, 1.82) is 0 Å². The van der Waals surface area contributed by atoms with Gasteiger partial charge in [0, 0.05) is 11.5 Å². The molecule has 26 heavy (non-hydrogen) atoms. The Kier molecular flexibility index (Phi) is 5.93. The quantitative estimate of drug-likeness (QED) is 0.632. The van der Waals surface area contributed by atoms with Crippen LogP contribution < -0.4 is 19.5 Å². The lowest BCUT2D eigenvalue weighted by Gasteiger charge is -2.11. The van der Waals surface area contributed by atoms with Crippen LogP contribution in [-0.4, -0.2) is 32.8 Å². The molecule has 0 radical (unpaired) electrons. The lowest BCUT2D eigenvalue weighted by Crippen LogP contribution is -2.32. The highest BCUT2D eigenvalue weighted by Crippen LogP contribution is 2.24. The molecule has 0 unspecified atom stereocenters. The maximum Gasteiger partial charge on any atom is 0.258 e. The van der Waals surface area contributed by atoms with Gasteiger partial charge in [-0.05, 0) is 23.6 Å². The van der Waals surface area contributed by atoms with Crippen molar-refractivity contribution in [2.24, 2.45) is 0 Å². The Labute approximate surface area is 152 Å². The van der Waals surface area contributed by atoms with E-state index in [4.69, 9.17) is 14.2 Å². The second-order valence-corrected chi connectivity index (χ2v) is 5.64. The van der Waals surface area contributed by atoms with E-state index in [2.05, 4.69) is 5.32 Å². The molecule has 0 saturated heterocycles. The normalized spacial score (nSPS) is 10.3. The molecule has 1 amide bonds. The molecule has 0 fully saturated rings. The first-order valence-electron chi connectivity index (χ1n) is 8.40. The smallest absolute Gasteiger partial charge is 0.258 e. The van der Waals surface area contributed by atoms with Crippen LogP contribution in [0.4, 0.5) is 0 Å². The molecule has 0 aromatic heterocycles. The number of carbonyl (C=O) groups excluding carboxylic acids is 1. The van der Waals surface area contributed by atoms with Crippen LogP contribution >= 0.6 is 0 Å². The first-order chi connectivity index (χ1) is 12.8. The molecule has 0 atom stereocenters. The van der Waals surface area contributed by atoms with Gasteiger partial charge in [0.1, 0.15) is 23.9 Å². The van der Waals surface area contributed by atoms with E-state index in [0.717, 1.165) is 16.5 Å². The first-order valence-corrected chi connectivity index (χ1v) is 8.40. The highest BCUT2D eigenvalue weighted by molar-refractivity contribution is 5.88. The van der Waals surface area contributed by atoms with Crippen molar-refractivity contribution < 1.29 is 19.0 Å². The summed E-state index contributed by atoms with van der Waals surface area (Å²) in [6.45, 7) is 0.731. The predicted molar refractivity (Wildman–Crippen MR) is 101 cm³/mol. The zero-order valence-electron chi connectivity index (χ0n) is 14.6. The zero-order chi connectivity index (χ0) is 18.2. The topological polar surface area (TPSA) is 56.8 Å². The Morgan fingerprint density at radius 1 is 0.923 bits per heavy atom. The summed E-state index contributed by atoms with van der Waals surface area (Å²) in [6.07, 6.45) is 0. The van der Waals surface area contributed by atoms with E-state index in [0.29, 0.717) is 24.7 Å². The van der Waals surface area contributed by atoms with Gasteiger partial charge in [-0.2, -0.15) is 0 Å².